The second-order valence-corrected chi connectivity index (χ2v) is 4.73. The molecule has 22 heavy (non-hydrogen) atoms. The van der Waals surface area contributed by atoms with E-state index >= 15 is 0 Å². The molecule has 0 bridgehead atoms. The first-order valence-corrected chi connectivity index (χ1v) is 6.93. The van der Waals surface area contributed by atoms with Crippen LogP contribution >= 0.6 is 0 Å². The second-order valence-electron chi connectivity index (χ2n) is 4.73. The normalized spacial score (nSPS) is 10.5. The van der Waals surface area contributed by atoms with Crippen LogP contribution in [-0.2, 0) is 12.8 Å². The van der Waals surface area contributed by atoms with Crippen molar-refractivity contribution in [2.45, 2.75) is 26.7 Å². The molecule has 0 saturated carbocycles. The lowest BCUT2D eigenvalue weighted by Gasteiger charge is -2.13. The molecule has 0 fully saturated rings. The minimum Gasteiger partial charge on any atom is -0.478 e. The van der Waals surface area contributed by atoms with Crippen molar-refractivity contribution >= 4 is 11.9 Å². The Morgan fingerprint density at radius 3 is 2.36 bits per heavy atom. The summed E-state index contributed by atoms with van der Waals surface area (Å²) in [6.45, 7) is 3.71. The van der Waals surface area contributed by atoms with Crippen molar-refractivity contribution in [2.75, 3.05) is 0 Å². The maximum absolute atomic E-state index is 11.6. The summed E-state index contributed by atoms with van der Waals surface area (Å²) >= 11 is 0. The molecule has 6 nitrogen and oxygen atoms in total. The molecular weight excluding hydrogens is 284 g/mol. The number of aromatic nitrogens is 2. The van der Waals surface area contributed by atoms with Crippen LogP contribution in [0.4, 0.5) is 0 Å². The molecule has 0 amide bonds. The number of carboxylic acid groups (broad SMARTS) is 2. The quantitative estimate of drug-likeness (QED) is 0.880. The average molecular weight is 300 g/mol. The van der Waals surface area contributed by atoms with Crippen LogP contribution in [0.2, 0.25) is 0 Å². The van der Waals surface area contributed by atoms with Gasteiger partial charge in [0.15, 0.2) is 0 Å². The molecule has 0 atom stereocenters. The zero-order chi connectivity index (χ0) is 16.3. The van der Waals surface area contributed by atoms with Crippen molar-refractivity contribution in [1.29, 1.82) is 0 Å². The Labute approximate surface area is 127 Å². The topological polar surface area (TPSA) is 100 Å². The lowest BCUT2D eigenvalue weighted by molar-refractivity contribution is 0.0684. The van der Waals surface area contributed by atoms with E-state index < -0.39 is 11.9 Å². The third-order valence-electron chi connectivity index (χ3n) is 3.46. The Bertz CT molecular complexity index is 741. The number of rotatable bonds is 5. The van der Waals surface area contributed by atoms with Crippen LogP contribution in [0, 0.1) is 0 Å². The smallest absolute Gasteiger partial charge is 0.336 e. The highest BCUT2D eigenvalue weighted by molar-refractivity contribution is 5.93. The molecule has 2 aromatic rings. The zero-order valence-corrected chi connectivity index (χ0v) is 12.3. The number of carboxylic acids is 2. The van der Waals surface area contributed by atoms with Crippen molar-refractivity contribution in [2.24, 2.45) is 0 Å². The monoisotopic (exact) mass is 300 g/mol. The maximum atomic E-state index is 11.6. The standard InChI is InChI=1S/C16H16N2O4/c1-3-9-8-18-14(11(4-2)13(9)16(21)22)12-7-10(15(19)20)5-6-17-12/h5-8H,3-4H2,1-2H3,(H,19,20)(H,21,22). The number of hydrogen-bond acceptors (Lipinski definition) is 4. The lowest BCUT2D eigenvalue weighted by atomic mass is 9.96. The summed E-state index contributed by atoms with van der Waals surface area (Å²) in [6.07, 6.45) is 3.93. The number of hydrogen-bond donors (Lipinski definition) is 2. The molecule has 0 saturated heterocycles. The van der Waals surface area contributed by atoms with Gasteiger partial charge < -0.3 is 10.2 Å². The van der Waals surface area contributed by atoms with Gasteiger partial charge in [0.1, 0.15) is 0 Å². The highest BCUT2D eigenvalue weighted by Gasteiger charge is 2.20. The van der Waals surface area contributed by atoms with Gasteiger partial charge >= 0.3 is 11.9 Å². The van der Waals surface area contributed by atoms with E-state index in [9.17, 15) is 14.7 Å². The molecule has 0 unspecified atom stereocenters. The van der Waals surface area contributed by atoms with E-state index in [2.05, 4.69) is 9.97 Å². The van der Waals surface area contributed by atoms with Crippen molar-refractivity contribution in [3.8, 4) is 11.4 Å². The summed E-state index contributed by atoms with van der Waals surface area (Å²) in [7, 11) is 0. The van der Waals surface area contributed by atoms with Crippen molar-refractivity contribution in [1.82, 2.24) is 9.97 Å². The summed E-state index contributed by atoms with van der Waals surface area (Å²) in [5, 5.41) is 18.5. The Morgan fingerprint density at radius 2 is 1.82 bits per heavy atom. The molecule has 2 aromatic heterocycles. The molecule has 0 aromatic carbocycles. The molecule has 0 radical (unpaired) electrons. The summed E-state index contributed by atoms with van der Waals surface area (Å²) in [5.74, 6) is -2.07. The number of aromatic carboxylic acids is 2. The Kier molecular flexibility index (Phi) is 4.50. The Hall–Kier alpha value is -2.76. The van der Waals surface area contributed by atoms with Gasteiger partial charge in [0.2, 0.25) is 0 Å². The fourth-order valence-corrected chi connectivity index (χ4v) is 2.39. The van der Waals surface area contributed by atoms with Gasteiger partial charge in [-0.05, 0) is 36.1 Å². The molecule has 0 spiro atoms. The van der Waals surface area contributed by atoms with E-state index in [1.807, 2.05) is 13.8 Å². The minimum atomic E-state index is -1.06. The molecule has 0 aliphatic carbocycles. The lowest BCUT2D eigenvalue weighted by Crippen LogP contribution is -2.10. The first-order chi connectivity index (χ1) is 10.5. The predicted molar refractivity (Wildman–Crippen MR) is 80.1 cm³/mol. The maximum Gasteiger partial charge on any atom is 0.336 e. The molecule has 2 heterocycles. The number of nitrogens with zero attached hydrogens (tertiary/aromatic N) is 2. The van der Waals surface area contributed by atoms with Crippen LogP contribution < -0.4 is 0 Å². The van der Waals surface area contributed by atoms with Gasteiger partial charge in [0, 0.05) is 12.4 Å². The van der Waals surface area contributed by atoms with Crippen LogP contribution in [0.3, 0.4) is 0 Å². The molecule has 0 aliphatic heterocycles. The predicted octanol–water partition coefficient (Wildman–Crippen LogP) is 2.66. The van der Waals surface area contributed by atoms with Crippen molar-refractivity contribution in [3.05, 3.63) is 46.8 Å². The molecule has 2 N–H and O–H groups in total. The van der Waals surface area contributed by atoms with Crippen molar-refractivity contribution in [3.63, 3.8) is 0 Å². The third-order valence-corrected chi connectivity index (χ3v) is 3.46. The fourth-order valence-electron chi connectivity index (χ4n) is 2.39. The van der Waals surface area contributed by atoms with Gasteiger partial charge in [0.25, 0.3) is 0 Å². The van der Waals surface area contributed by atoms with E-state index in [0.717, 1.165) is 0 Å². The zero-order valence-electron chi connectivity index (χ0n) is 12.3. The summed E-state index contributed by atoms with van der Waals surface area (Å²) in [4.78, 5) is 31.1. The van der Waals surface area contributed by atoms with Gasteiger partial charge in [-0.15, -0.1) is 0 Å². The van der Waals surface area contributed by atoms with Gasteiger partial charge in [-0.3, -0.25) is 9.97 Å². The van der Waals surface area contributed by atoms with Gasteiger partial charge in [0.05, 0.1) is 22.5 Å². The van der Waals surface area contributed by atoms with E-state index in [4.69, 9.17) is 5.11 Å². The van der Waals surface area contributed by atoms with Crippen LogP contribution in [-0.4, -0.2) is 32.1 Å². The van der Waals surface area contributed by atoms with Gasteiger partial charge in [-0.25, -0.2) is 9.59 Å². The Morgan fingerprint density at radius 1 is 1.09 bits per heavy atom. The van der Waals surface area contributed by atoms with E-state index in [-0.39, 0.29) is 11.1 Å². The van der Waals surface area contributed by atoms with E-state index in [1.54, 1.807) is 0 Å². The number of aryl methyl sites for hydroxylation is 1. The van der Waals surface area contributed by atoms with Crippen LogP contribution in [0.25, 0.3) is 11.4 Å². The Balaban J connectivity index is 2.70. The summed E-state index contributed by atoms with van der Waals surface area (Å²) in [6, 6.07) is 2.79. The SMILES string of the molecule is CCc1cnc(-c2cc(C(=O)O)ccn2)c(CC)c1C(=O)O. The van der Waals surface area contributed by atoms with Crippen LogP contribution in [0.1, 0.15) is 45.7 Å². The summed E-state index contributed by atoms with van der Waals surface area (Å²) < 4.78 is 0. The first-order valence-electron chi connectivity index (χ1n) is 6.93. The van der Waals surface area contributed by atoms with Gasteiger partial charge in [-0.1, -0.05) is 13.8 Å². The second kappa shape index (κ2) is 6.34. The third kappa shape index (κ3) is 2.81. The highest BCUT2D eigenvalue weighted by Crippen LogP contribution is 2.26. The minimum absolute atomic E-state index is 0.0882. The molecule has 2 rings (SSSR count). The fraction of sp³-hybridized carbons (Fsp3) is 0.250. The van der Waals surface area contributed by atoms with Gasteiger partial charge in [-0.2, -0.15) is 0 Å². The average Bonchev–Trinajstić information content (AvgIpc) is 2.53. The highest BCUT2D eigenvalue weighted by atomic mass is 16.4. The number of carbonyl (C=O) groups is 2. The molecule has 0 aliphatic rings. The molecule has 114 valence electrons. The molecule has 6 heteroatoms. The largest absolute Gasteiger partial charge is 0.478 e. The van der Waals surface area contributed by atoms with Crippen LogP contribution in [0.15, 0.2) is 24.5 Å². The van der Waals surface area contributed by atoms with E-state index in [1.165, 1.54) is 24.5 Å². The van der Waals surface area contributed by atoms with E-state index in [0.29, 0.717) is 35.4 Å². The van der Waals surface area contributed by atoms with Crippen molar-refractivity contribution < 1.29 is 19.8 Å². The molecular formula is C16H16N2O4. The van der Waals surface area contributed by atoms with Crippen LogP contribution in [0.5, 0.6) is 0 Å². The first kappa shape index (κ1) is 15.6. The summed E-state index contributed by atoms with van der Waals surface area (Å²) in [5.41, 5.74) is 2.33. The number of pyridine rings is 2.